The monoisotopic (exact) mass is 182 g/mol. The Bertz CT molecular complexity index is 312. The van der Waals surface area contributed by atoms with Crippen LogP contribution in [0.1, 0.15) is 12.8 Å². The molecule has 0 unspecified atom stereocenters. The fraction of sp³-hybridized carbons (Fsp3) is 0.500. The topological polar surface area (TPSA) is 109 Å². The second-order valence-electron chi connectivity index (χ2n) is 2.87. The average molecular weight is 182 g/mol. The molecule has 0 spiro atoms. The number of rotatable bonds is 3. The van der Waals surface area contributed by atoms with Crippen molar-refractivity contribution in [2.45, 2.75) is 18.9 Å². The van der Waals surface area contributed by atoms with E-state index in [9.17, 15) is 0 Å². The number of aromatic nitrogens is 3. The molecule has 1 aliphatic rings. The molecule has 0 amide bonds. The summed E-state index contributed by atoms with van der Waals surface area (Å²) in [5.74, 6) is 0.525. The van der Waals surface area contributed by atoms with Crippen molar-refractivity contribution in [3.05, 3.63) is 0 Å². The zero-order valence-corrected chi connectivity index (χ0v) is 6.86. The van der Waals surface area contributed by atoms with E-state index in [1.165, 1.54) is 0 Å². The first-order valence-corrected chi connectivity index (χ1v) is 3.96. The number of nitrogens with two attached hydrogens (primary N) is 1. The van der Waals surface area contributed by atoms with E-state index >= 15 is 0 Å². The lowest BCUT2D eigenvalue weighted by Crippen LogP contribution is -2.10. The molecule has 1 saturated carbocycles. The second-order valence-corrected chi connectivity index (χ2v) is 2.87. The fourth-order valence-electron chi connectivity index (χ4n) is 0.917. The van der Waals surface area contributed by atoms with Gasteiger partial charge in [-0.3, -0.25) is 5.21 Å². The van der Waals surface area contributed by atoms with Crippen LogP contribution < -0.4 is 16.5 Å². The molecule has 1 heterocycles. The molecule has 2 rings (SSSR count). The molecule has 1 fully saturated rings. The average Bonchev–Trinajstić information content (AvgIpc) is 2.87. The van der Waals surface area contributed by atoms with Gasteiger partial charge in [0.1, 0.15) is 0 Å². The molecule has 0 radical (unpaired) electrons. The third-order valence-electron chi connectivity index (χ3n) is 1.66. The molecule has 1 aromatic heterocycles. The highest BCUT2D eigenvalue weighted by atomic mass is 16.5. The quantitative estimate of drug-likeness (QED) is 0.480. The van der Waals surface area contributed by atoms with Gasteiger partial charge in [0.15, 0.2) is 0 Å². The summed E-state index contributed by atoms with van der Waals surface area (Å²) >= 11 is 0. The predicted octanol–water partition coefficient (Wildman–Crippen LogP) is -0.171. The van der Waals surface area contributed by atoms with E-state index in [-0.39, 0.29) is 11.9 Å². The Hall–Kier alpha value is -1.63. The van der Waals surface area contributed by atoms with Crippen molar-refractivity contribution in [2.75, 3.05) is 16.5 Å². The first kappa shape index (κ1) is 7.99. The number of hydrogen-bond donors (Lipinski definition) is 4. The molecule has 5 N–H and O–H groups in total. The molecule has 0 aromatic carbocycles. The first-order chi connectivity index (χ1) is 6.28. The zero-order chi connectivity index (χ0) is 9.26. The molecule has 1 aromatic rings. The first-order valence-electron chi connectivity index (χ1n) is 3.96. The number of nitrogens with one attached hydrogen (secondary N) is 2. The van der Waals surface area contributed by atoms with Gasteiger partial charge in [-0.15, -0.1) is 0 Å². The van der Waals surface area contributed by atoms with E-state index in [1.54, 1.807) is 0 Å². The van der Waals surface area contributed by atoms with Gasteiger partial charge >= 0.3 is 0 Å². The lowest BCUT2D eigenvalue weighted by molar-refractivity contribution is 0.382. The minimum Gasteiger partial charge on any atom is -0.368 e. The third kappa shape index (κ3) is 1.94. The molecule has 0 saturated heterocycles. The van der Waals surface area contributed by atoms with E-state index in [2.05, 4.69) is 20.3 Å². The van der Waals surface area contributed by atoms with Crippen LogP contribution in [0, 0.1) is 0 Å². The molecule has 1 aliphatic carbocycles. The lowest BCUT2D eigenvalue weighted by Gasteiger charge is -2.04. The van der Waals surface area contributed by atoms with Gasteiger partial charge in [-0.1, -0.05) is 0 Å². The fourth-order valence-corrected chi connectivity index (χ4v) is 0.917. The standard InChI is InChI=1S/C6H10N6O/c7-4-9-5(8-3-1-2-3)11-6(10-4)12-13/h3,13H,1-2H2,(H4,7,8,9,10,11,12). The Kier molecular flexibility index (Phi) is 1.85. The summed E-state index contributed by atoms with van der Waals surface area (Å²) in [6.45, 7) is 0. The largest absolute Gasteiger partial charge is 0.368 e. The van der Waals surface area contributed by atoms with E-state index in [0.29, 0.717) is 12.0 Å². The van der Waals surface area contributed by atoms with Crippen molar-refractivity contribution in [1.82, 2.24) is 15.0 Å². The van der Waals surface area contributed by atoms with Gasteiger partial charge in [-0.25, -0.2) is 5.48 Å². The van der Waals surface area contributed by atoms with Crippen LogP contribution in [0.3, 0.4) is 0 Å². The summed E-state index contributed by atoms with van der Waals surface area (Å²) in [4.78, 5) is 11.3. The normalized spacial score (nSPS) is 15.5. The Balaban J connectivity index is 2.17. The highest BCUT2D eigenvalue weighted by molar-refractivity contribution is 5.39. The van der Waals surface area contributed by atoms with E-state index < -0.39 is 0 Å². The SMILES string of the molecule is Nc1nc(NO)nc(NC2CC2)n1. The van der Waals surface area contributed by atoms with Gasteiger partial charge in [-0.2, -0.15) is 15.0 Å². The van der Waals surface area contributed by atoms with E-state index in [1.807, 2.05) is 5.48 Å². The lowest BCUT2D eigenvalue weighted by atomic mass is 10.7. The van der Waals surface area contributed by atoms with Gasteiger partial charge in [0, 0.05) is 6.04 Å². The van der Waals surface area contributed by atoms with Gasteiger partial charge in [0.25, 0.3) is 5.95 Å². The maximum Gasteiger partial charge on any atom is 0.253 e. The number of nitrogens with zero attached hydrogens (tertiary/aromatic N) is 3. The highest BCUT2D eigenvalue weighted by Gasteiger charge is 2.22. The molecule has 0 aliphatic heterocycles. The van der Waals surface area contributed by atoms with Crippen LogP contribution in [0.2, 0.25) is 0 Å². The van der Waals surface area contributed by atoms with Crippen molar-refractivity contribution in [1.29, 1.82) is 0 Å². The Morgan fingerprint density at radius 2 is 1.92 bits per heavy atom. The Morgan fingerprint density at radius 1 is 1.23 bits per heavy atom. The summed E-state index contributed by atoms with van der Waals surface area (Å²) in [5.41, 5.74) is 7.20. The van der Waals surface area contributed by atoms with Gasteiger partial charge < -0.3 is 11.1 Å². The minimum atomic E-state index is 0.0515. The molecular formula is C6H10N6O. The van der Waals surface area contributed by atoms with Crippen molar-refractivity contribution in [3.63, 3.8) is 0 Å². The third-order valence-corrected chi connectivity index (χ3v) is 1.66. The maximum absolute atomic E-state index is 8.55. The number of hydrogen-bond acceptors (Lipinski definition) is 7. The summed E-state index contributed by atoms with van der Waals surface area (Å²) < 4.78 is 0. The number of anilines is 3. The second kappa shape index (κ2) is 3.02. The molecular weight excluding hydrogens is 172 g/mol. The minimum absolute atomic E-state index is 0.0515. The maximum atomic E-state index is 8.55. The summed E-state index contributed by atoms with van der Waals surface area (Å²) in [5, 5.41) is 11.6. The zero-order valence-electron chi connectivity index (χ0n) is 6.86. The molecule has 7 heteroatoms. The summed E-state index contributed by atoms with van der Waals surface area (Å²) in [6.07, 6.45) is 2.24. The smallest absolute Gasteiger partial charge is 0.253 e. The number of nitrogen functional groups attached to an aromatic ring is 1. The van der Waals surface area contributed by atoms with Crippen molar-refractivity contribution < 1.29 is 5.21 Å². The molecule has 13 heavy (non-hydrogen) atoms. The van der Waals surface area contributed by atoms with E-state index in [4.69, 9.17) is 10.9 Å². The molecule has 0 atom stereocenters. The van der Waals surface area contributed by atoms with Crippen LogP contribution in [0.15, 0.2) is 0 Å². The van der Waals surface area contributed by atoms with Crippen molar-refractivity contribution in [3.8, 4) is 0 Å². The Morgan fingerprint density at radius 3 is 2.54 bits per heavy atom. The molecule has 70 valence electrons. The van der Waals surface area contributed by atoms with Gasteiger partial charge in [0.05, 0.1) is 0 Å². The predicted molar refractivity (Wildman–Crippen MR) is 46.3 cm³/mol. The van der Waals surface area contributed by atoms with Crippen LogP contribution in [-0.2, 0) is 0 Å². The molecule has 0 bridgehead atoms. The van der Waals surface area contributed by atoms with Crippen LogP contribution in [-0.4, -0.2) is 26.2 Å². The molecule has 7 nitrogen and oxygen atoms in total. The van der Waals surface area contributed by atoms with Crippen LogP contribution >= 0.6 is 0 Å². The van der Waals surface area contributed by atoms with Gasteiger partial charge in [-0.05, 0) is 12.8 Å². The Labute approximate surface area is 74.4 Å². The van der Waals surface area contributed by atoms with Crippen LogP contribution in [0.25, 0.3) is 0 Å². The van der Waals surface area contributed by atoms with Crippen LogP contribution in [0.5, 0.6) is 0 Å². The van der Waals surface area contributed by atoms with Gasteiger partial charge in [0.2, 0.25) is 11.9 Å². The highest BCUT2D eigenvalue weighted by Crippen LogP contribution is 2.23. The van der Waals surface area contributed by atoms with Crippen LogP contribution in [0.4, 0.5) is 17.8 Å². The van der Waals surface area contributed by atoms with Crippen molar-refractivity contribution in [2.24, 2.45) is 0 Å². The summed E-state index contributed by atoms with van der Waals surface area (Å²) in [7, 11) is 0. The summed E-state index contributed by atoms with van der Waals surface area (Å²) in [6, 6.07) is 0.438. The van der Waals surface area contributed by atoms with E-state index in [0.717, 1.165) is 12.8 Å². The van der Waals surface area contributed by atoms with Crippen molar-refractivity contribution >= 4 is 17.8 Å².